The number of carboxylic acids is 1. The molecule has 0 saturated carbocycles. The van der Waals surface area contributed by atoms with Gasteiger partial charge in [-0.2, -0.15) is 0 Å². The maximum atomic E-state index is 12.4. The fourth-order valence-electron chi connectivity index (χ4n) is 2.57. The number of amides is 1. The Bertz CT molecular complexity index is 649. The number of aromatic nitrogens is 1. The number of benzene rings is 1. The van der Waals surface area contributed by atoms with Gasteiger partial charge in [-0.05, 0) is 25.0 Å². The topological polar surface area (TPSA) is 83.6 Å². The average Bonchev–Trinajstić information content (AvgIpc) is 3.18. The van der Waals surface area contributed by atoms with Crippen molar-refractivity contribution in [1.82, 2.24) is 9.88 Å². The van der Waals surface area contributed by atoms with E-state index in [-0.39, 0.29) is 5.91 Å². The lowest BCUT2D eigenvalue weighted by Gasteiger charge is -2.21. The molecule has 1 aliphatic heterocycles. The number of rotatable bonds is 3. The zero-order valence-corrected chi connectivity index (χ0v) is 11.2. The van der Waals surface area contributed by atoms with Crippen molar-refractivity contribution < 1.29 is 19.1 Å². The Balaban J connectivity index is 1.80. The summed E-state index contributed by atoms with van der Waals surface area (Å²) in [6.45, 7) is 0.486. The second kappa shape index (κ2) is 5.40. The second-order valence-corrected chi connectivity index (χ2v) is 4.94. The van der Waals surface area contributed by atoms with E-state index in [1.807, 2.05) is 0 Å². The summed E-state index contributed by atoms with van der Waals surface area (Å²) in [6, 6.07) is 6.17. The summed E-state index contributed by atoms with van der Waals surface area (Å²) in [6.07, 6.45) is 4.17. The molecule has 1 saturated heterocycles. The molecule has 0 radical (unpaired) electrons. The molecule has 0 aliphatic carbocycles. The first kappa shape index (κ1) is 13.4. The lowest BCUT2D eigenvalue weighted by atomic mass is 10.1. The van der Waals surface area contributed by atoms with E-state index in [4.69, 9.17) is 9.52 Å². The van der Waals surface area contributed by atoms with Gasteiger partial charge in [0.05, 0.1) is 6.20 Å². The monoisotopic (exact) mass is 286 g/mol. The Morgan fingerprint density at radius 1 is 1.29 bits per heavy atom. The minimum atomic E-state index is -0.945. The SMILES string of the molecule is O=C(O)[C@@H]1CCCN1C(=O)c1ccc(-c2cnco2)cc1. The first-order chi connectivity index (χ1) is 10.2. The number of oxazole rings is 1. The van der Waals surface area contributed by atoms with E-state index in [0.29, 0.717) is 24.3 Å². The van der Waals surface area contributed by atoms with Gasteiger partial charge in [0, 0.05) is 17.7 Å². The number of carboxylic acid groups (broad SMARTS) is 1. The summed E-state index contributed by atoms with van der Waals surface area (Å²) < 4.78 is 5.18. The highest BCUT2D eigenvalue weighted by Gasteiger charge is 2.34. The molecule has 6 heteroatoms. The van der Waals surface area contributed by atoms with Gasteiger partial charge in [-0.1, -0.05) is 12.1 Å². The van der Waals surface area contributed by atoms with Crippen LogP contribution in [0.5, 0.6) is 0 Å². The van der Waals surface area contributed by atoms with Crippen molar-refractivity contribution in [2.24, 2.45) is 0 Å². The fourth-order valence-corrected chi connectivity index (χ4v) is 2.57. The molecular weight excluding hydrogens is 272 g/mol. The molecule has 2 aromatic rings. The van der Waals surface area contributed by atoms with Crippen LogP contribution in [0.4, 0.5) is 0 Å². The molecule has 0 bridgehead atoms. The maximum Gasteiger partial charge on any atom is 0.326 e. The number of hydrogen-bond acceptors (Lipinski definition) is 4. The first-order valence-electron chi connectivity index (χ1n) is 6.69. The van der Waals surface area contributed by atoms with Gasteiger partial charge in [0.25, 0.3) is 5.91 Å². The lowest BCUT2D eigenvalue weighted by molar-refractivity contribution is -0.141. The minimum absolute atomic E-state index is 0.246. The normalized spacial score (nSPS) is 17.9. The van der Waals surface area contributed by atoms with Crippen molar-refractivity contribution in [2.75, 3.05) is 6.54 Å². The average molecular weight is 286 g/mol. The van der Waals surface area contributed by atoms with Crippen molar-refractivity contribution >= 4 is 11.9 Å². The van der Waals surface area contributed by atoms with Gasteiger partial charge in [-0.25, -0.2) is 9.78 Å². The molecule has 3 rings (SSSR count). The molecule has 1 aliphatic rings. The maximum absolute atomic E-state index is 12.4. The summed E-state index contributed by atoms with van der Waals surface area (Å²) in [4.78, 5) is 28.8. The van der Waals surface area contributed by atoms with Crippen LogP contribution in [-0.2, 0) is 4.79 Å². The summed E-state index contributed by atoms with van der Waals surface area (Å²) in [5.41, 5.74) is 1.30. The Labute approximate surface area is 121 Å². The van der Waals surface area contributed by atoms with Gasteiger partial charge in [0.15, 0.2) is 12.2 Å². The van der Waals surface area contributed by atoms with Gasteiger partial charge in [-0.15, -0.1) is 0 Å². The summed E-state index contributed by atoms with van der Waals surface area (Å²) in [5.74, 6) is -0.568. The number of hydrogen-bond donors (Lipinski definition) is 1. The third kappa shape index (κ3) is 2.52. The lowest BCUT2D eigenvalue weighted by Crippen LogP contribution is -2.40. The standard InChI is InChI=1S/C15H14N2O4/c18-14(17-7-1-2-12(17)15(19)20)11-5-3-10(4-6-11)13-8-16-9-21-13/h3-6,8-9,12H,1-2,7H2,(H,19,20)/t12-/m0/s1. The van der Waals surface area contributed by atoms with Gasteiger partial charge in [-0.3, -0.25) is 4.79 Å². The Morgan fingerprint density at radius 3 is 2.67 bits per heavy atom. The number of likely N-dealkylation sites (tertiary alicyclic amines) is 1. The molecule has 1 aromatic carbocycles. The highest BCUT2D eigenvalue weighted by atomic mass is 16.4. The largest absolute Gasteiger partial charge is 0.480 e. The van der Waals surface area contributed by atoms with E-state index in [9.17, 15) is 9.59 Å². The van der Waals surface area contributed by atoms with Gasteiger partial charge < -0.3 is 14.4 Å². The van der Waals surface area contributed by atoms with Crippen molar-refractivity contribution in [3.8, 4) is 11.3 Å². The van der Waals surface area contributed by atoms with Crippen LogP contribution < -0.4 is 0 Å². The third-order valence-electron chi connectivity index (χ3n) is 3.65. The number of carbonyl (C=O) groups excluding carboxylic acids is 1. The summed E-state index contributed by atoms with van der Waals surface area (Å²) in [5, 5.41) is 9.14. The molecule has 1 fully saturated rings. The molecule has 1 aromatic heterocycles. The van der Waals surface area contributed by atoms with E-state index < -0.39 is 12.0 Å². The number of nitrogens with zero attached hydrogens (tertiary/aromatic N) is 2. The Morgan fingerprint density at radius 2 is 2.05 bits per heavy atom. The van der Waals surface area contributed by atoms with E-state index in [1.165, 1.54) is 11.3 Å². The van der Waals surface area contributed by atoms with Crippen molar-refractivity contribution in [3.63, 3.8) is 0 Å². The summed E-state index contributed by atoms with van der Waals surface area (Å²) >= 11 is 0. The molecule has 6 nitrogen and oxygen atoms in total. The van der Waals surface area contributed by atoms with E-state index >= 15 is 0 Å². The van der Waals surface area contributed by atoms with Crippen LogP contribution in [0.2, 0.25) is 0 Å². The Hall–Kier alpha value is -2.63. The fraction of sp³-hybridized carbons (Fsp3) is 0.267. The van der Waals surface area contributed by atoms with Crippen LogP contribution in [0.3, 0.4) is 0 Å². The predicted octanol–water partition coefficient (Wildman–Crippen LogP) is 2.03. The molecule has 1 N–H and O–H groups in total. The zero-order valence-electron chi connectivity index (χ0n) is 11.2. The van der Waals surface area contributed by atoms with Crippen LogP contribution in [0, 0.1) is 0 Å². The van der Waals surface area contributed by atoms with Crippen LogP contribution >= 0.6 is 0 Å². The van der Waals surface area contributed by atoms with Gasteiger partial charge in [0.2, 0.25) is 0 Å². The predicted molar refractivity (Wildman–Crippen MR) is 73.6 cm³/mol. The Kier molecular flexibility index (Phi) is 3.43. The van der Waals surface area contributed by atoms with Crippen molar-refractivity contribution in [1.29, 1.82) is 0 Å². The van der Waals surface area contributed by atoms with E-state index in [1.54, 1.807) is 30.5 Å². The molecule has 1 amide bonds. The zero-order chi connectivity index (χ0) is 14.8. The van der Waals surface area contributed by atoms with E-state index in [2.05, 4.69) is 4.98 Å². The van der Waals surface area contributed by atoms with Crippen molar-refractivity contribution in [3.05, 3.63) is 42.4 Å². The van der Waals surface area contributed by atoms with Gasteiger partial charge in [0.1, 0.15) is 6.04 Å². The molecule has 108 valence electrons. The molecule has 21 heavy (non-hydrogen) atoms. The number of aliphatic carboxylic acids is 1. The van der Waals surface area contributed by atoms with E-state index in [0.717, 1.165) is 12.0 Å². The quantitative estimate of drug-likeness (QED) is 0.933. The van der Waals surface area contributed by atoms with Gasteiger partial charge >= 0.3 is 5.97 Å². The minimum Gasteiger partial charge on any atom is -0.480 e. The highest BCUT2D eigenvalue weighted by Crippen LogP contribution is 2.23. The molecule has 2 heterocycles. The van der Waals surface area contributed by atoms with Crippen LogP contribution in [-0.4, -0.2) is 39.5 Å². The summed E-state index contributed by atoms with van der Waals surface area (Å²) in [7, 11) is 0. The van der Waals surface area contributed by atoms with Crippen LogP contribution in [0.1, 0.15) is 23.2 Å². The highest BCUT2D eigenvalue weighted by molar-refractivity contribution is 5.97. The van der Waals surface area contributed by atoms with Crippen LogP contribution in [0.25, 0.3) is 11.3 Å². The second-order valence-electron chi connectivity index (χ2n) is 4.94. The first-order valence-corrected chi connectivity index (χ1v) is 6.69. The molecule has 0 spiro atoms. The smallest absolute Gasteiger partial charge is 0.326 e. The molecular formula is C15H14N2O4. The van der Waals surface area contributed by atoms with Crippen LogP contribution in [0.15, 0.2) is 41.3 Å². The molecule has 1 atom stereocenters. The molecule has 0 unspecified atom stereocenters. The third-order valence-corrected chi connectivity index (χ3v) is 3.65. The number of carbonyl (C=O) groups is 2. The van der Waals surface area contributed by atoms with Crippen molar-refractivity contribution in [2.45, 2.75) is 18.9 Å².